The SMILES string of the molecule is Cc1ccc(C(=O)NC[C@H]2[C@H]3C[C@H](CN(C(=O)CO)C3)c3cccc(=O)n32)cc1. The molecule has 152 valence electrons. The molecule has 2 aliphatic heterocycles. The first kappa shape index (κ1) is 19.4. The van der Waals surface area contributed by atoms with Gasteiger partial charge >= 0.3 is 0 Å². The maximum Gasteiger partial charge on any atom is 0.251 e. The molecule has 3 heterocycles. The van der Waals surface area contributed by atoms with Crippen molar-refractivity contribution < 1.29 is 14.7 Å². The minimum Gasteiger partial charge on any atom is -0.387 e. The maximum absolute atomic E-state index is 12.7. The number of aliphatic hydroxyl groups is 1. The number of hydrogen-bond donors (Lipinski definition) is 2. The normalized spacial score (nSPS) is 22.7. The third-order valence-electron chi connectivity index (χ3n) is 6.07. The molecule has 0 spiro atoms. The average Bonchev–Trinajstić information content (AvgIpc) is 2.73. The number of rotatable bonds is 4. The predicted octanol–water partition coefficient (Wildman–Crippen LogP) is 1.07. The van der Waals surface area contributed by atoms with Gasteiger partial charge in [-0.2, -0.15) is 0 Å². The highest BCUT2D eigenvalue weighted by Gasteiger charge is 2.41. The lowest BCUT2D eigenvalue weighted by Gasteiger charge is -2.46. The number of nitrogens with zero attached hydrogens (tertiary/aromatic N) is 2. The van der Waals surface area contributed by atoms with Crippen LogP contribution in [0.2, 0.25) is 0 Å². The third kappa shape index (κ3) is 3.70. The summed E-state index contributed by atoms with van der Waals surface area (Å²) < 4.78 is 1.79. The van der Waals surface area contributed by atoms with E-state index in [1.54, 1.807) is 27.7 Å². The second kappa shape index (κ2) is 7.83. The van der Waals surface area contributed by atoms with Gasteiger partial charge in [0.25, 0.3) is 11.5 Å². The van der Waals surface area contributed by atoms with Crippen LogP contribution in [0.5, 0.6) is 0 Å². The molecule has 0 radical (unpaired) electrons. The van der Waals surface area contributed by atoms with E-state index in [0.29, 0.717) is 25.2 Å². The summed E-state index contributed by atoms with van der Waals surface area (Å²) >= 11 is 0. The number of aryl methyl sites for hydroxylation is 1. The van der Waals surface area contributed by atoms with Gasteiger partial charge in [0.2, 0.25) is 5.91 Å². The van der Waals surface area contributed by atoms with Gasteiger partial charge < -0.3 is 19.9 Å². The monoisotopic (exact) mass is 395 g/mol. The van der Waals surface area contributed by atoms with E-state index < -0.39 is 6.61 Å². The van der Waals surface area contributed by atoms with E-state index in [0.717, 1.165) is 17.7 Å². The Kier molecular flexibility index (Phi) is 5.24. The number of pyridine rings is 1. The molecule has 0 unspecified atom stereocenters. The van der Waals surface area contributed by atoms with Crippen LogP contribution in [0.15, 0.2) is 47.3 Å². The fourth-order valence-corrected chi connectivity index (χ4v) is 4.61. The van der Waals surface area contributed by atoms with Gasteiger partial charge in [-0.05, 0) is 37.5 Å². The Labute approximate surface area is 169 Å². The van der Waals surface area contributed by atoms with E-state index in [-0.39, 0.29) is 35.3 Å². The highest BCUT2D eigenvalue weighted by molar-refractivity contribution is 5.94. The Morgan fingerprint density at radius 3 is 2.62 bits per heavy atom. The molecule has 1 saturated heterocycles. The van der Waals surface area contributed by atoms with Crippen LogP contribution in [0.4, 0.5) is 0 Å². The predicted molar refractivity (Wildman–Crippen MR) is 108 cm³/mol. The molecule has 2 amide bonds. The molecule has 29 heavy (non-hydrogen) atoms. The zero-order chi connectivity index (χ0) is 20.5. The molecule has 3 atom stereocenters. The zero-order valence-electron chi connectivity index (χ0n) is 16.4. The van der Waals surface area contributed by atoms with Crippen LogP contribution in [0.1, 0.15) is 40.0 Å². The van der Waals surface area contributed by atoms with Gasteiger partial charge in [-0.15, -0.1) is 0 Å². The van der Waals surface area contributed by atoms with Gasteiger partial charge in [0.05, 0.1) is 6.04 Å². The van der Waals surface area contributed by atoms with E-state index in [1.807, 2.05) is 25.1 Å². The van der Waals surface area contributed by atoms with Crippen LogP contribution in [-0.4, -0.2) is 52.6 Å². The Hall–Kier alpha value is -2.93. The van der Waals surface area contributed by atoms with Gasteiger partial charge in [0, 0.05) is 42.9 Å². The number of amides is 2. The molecule has 7 heteroatoms. The third-order valence-corrected chi connectivity index (χ3v) is 6.07. The summed E-state index contributed by atoms with van der Waals surface area (Å²) in [6.45, 7) is 2.73. The Morgan fingerprint density at radius 1 is 1.14 bits per heavy atom. The Bertz CT molecular complexity index is 982. The molecule has 0 aliphatic carbocycles. The van der Waals surface area contributed by atoms with Gasteiger partial charge in [-0.3, -0.25) is 14.4 Å². The van der Waals surface area contributed by atoms with Gasteiger partial charge in [-0.25, -0.2) is 0 Å². The number of likely N-dealkylation sites (tertiary alicyclic amines) is 1. The molecule has 2 aromatic rings. The summed E-state index contributed by atoms with van der Waals surface area (Å²) in [5, 5.41) is 12.2. The van der Waals surface area contributed by atoms with E-state index in [9.17, 15) is 19.5 Å². The van der Waals surface area contributed by atoms with E-state index in [2.05, 4.69) is 5.32 Å². The highest BCUT2D eigenvalue weighted by atomic mass is 16.3. The molecule has 2 bridgehead atoms. The number of fused-ring (bicyclic) bond motifs is 4. The second-order valence-electron chi connectivity index (χ2n) is 7.95. The molecular formula is C22H25N3O4. The molecule has 4 rings (SSSR count). The molecular weight excluding hydrogens is 370 g/mol. The van der Waals surface area contributed by atoms with Crippen LogP contribution in [-0.2, 0) is 4.79 Å². The standard InChI is InChI=1S/C22H25N3O4/c1-14-5-7-15(8-6-14)22(29)23-10-19-17-9-16(11-24(12-17)21(28)13-26)18-3-2-4-20(27)25(18)19/h2-8,16-17,19,26H,9-13H2,1H3,(H,23,29)/t16-,17+,19+/m1/s1. The van der Waals surface area contributed by atoms with Crippen LogP contribution in [0.3, 0.4) is 0 Å². The van der Waals surface area contributed by atoms with Crippen LogP contribution >= 0.6 is 0 Å². The Balaban J connectivity index is 1.60. The molecule has 1 fully saturated rings. The number of benzene rings is 1. The Morgan fingerprint density at radius 2 is 1.90 bits per heavy atom. The maximum atomic E-state index is 12.7. The van der Waals surface area contributed by atoms with E-state index in [1.165, 1.54) is 6.07 Å². The molecule has 1 aromatic heterocycles. The van der Waals surface area contributed by atoms with E-state index >= 15 is 0 Å². The summed E-state index contributed by atoms with van der Waals surface area (Å²) in [6.07, 6.45) is 0.851. The van der Waals surface area contributed by atoms with E-state index in [4.69, 9.17) is 0 Å². The first-order valence-corrected chi connectivity index (χ1v) is 9.93. The lowest BCUT2D eigenvalue weighted by molar-refractivity contribution is -0.137. The summed E-state index contributed by atoms with van der Waals surface area (Å²) in [7, 11) is 0. The van der Waals surface area contributed by atoms with Crippen molar-refractivity contribution in [3.8, 4) is 0 Å². The van der Waals surface area contributed by atoms with Gasteiger partial charge in [0.1, 0.15) is 6.61 Å². The number of carbonyl (C=O) groups is 2. The highest BCUT2D eigenvalue weighted by Crippen LogP contribution is 2.40. The smallest absolute Gasteiger partial charge is 0.251 e. The number of piperidine rings is 1. The van der Waals surface area contributed by atoms with Crippen molar-refractivity contribution in [3.05, 3.63) is 69.6 Å². The number of hydrogen-bond acceptors (Lipinski definition) is 4. The van der Waals surface area contributed by atoms with Gasteiger partial charge in [-0.1, -0.05) is 23.8 Å². The molecule has 2 N–H and O–H groups in total. The average molecular weight is 395 g/mol. The van der Waals surface area contributed by atoms with Crippen molar-refractivity contribution in [2.24, 2.45) is 5.92 Å². The van der Waals surface area contributed by atoms with Crippen molar-refractivity contribution >= 4 is 11.8 Å². The molecule has 7 nitrogen and oxygen atoms in total. The summed E-state index contributed by atoms with van der Waals surface area (Å²) in [4.78, 5) is 39.0. The minimum absolute atomic E-state index is 0.0372. The topological polar surface area (TPSA) is 91.6 Å². The van der Waals surface area contributed by atoms with Gasteiger partial charge in [0.15, 0.2) is 0 Å². The minimum atomic E-state index is -0.518. The van der Waals surface area contributed by atoms with Crippen LogP contribution < -0.4 is 10.9 Å². The van der Waals surface area contributed by atoms with Crippen LogP contribution in [0, 0.1) is 12.8 Å². The second-order valence-corrected chi connectivity index (χ2v) is 7.95. The van der Waals surface area contributed by atoms with Crippen LogP contribution in [0.25, 0.3) is 0 Å². The van der Waals surface area contributed by atoms with Crippen molar-refractivity contribution in [3.63, 3.8) is 0 Å². The fraction of sp³-hybridized carbons (Fsp3) is 0.409. The number of aromatic nitrogens is 1. The van der Waals surface area contributed by atoms with Crippen molar-refractivity contribution in [1.82, 2.24) is 14.8 Å². The first-order chi connectivity index (χ1) is 14.0. The largest absolute Gasteiger partial charge is 0.387 e. The first-order valence-electron chi connectivity index (χ1n) is 9.93. The van der Waals surface area contributed by atoms with Crippen molar-refractivity contribution in [2.45, 2.75) is 25.3 Å². The lowest BCUT2D eigenvalue weighted by atomic mass is 9.78. The molecule has 0 saturated carbocycles. The van der Waals surface area contributed by atoms with Crippen molar-refractivity contribution in [1.29, 1.82) is 0 Å². The summed E-state index contributed by atoms with van der Waals surface area (Å²) in [5.41, 5.74) is 2.45. The zero-order valence-corrected chi connectivity index (χ0v) is 16.4. The summed E-state index contributed by atoms with van der Waals surface area (Å²) in [5.74, 6) is -0.386. The van der Waals surface area contributed by atoms with Crippen molar-refractivity contribution in [2.75, 3.05) is 26.2 Å². The number of nitrogens with one attached hydrogen (secondary N) is 1. The molecule has 1 aromatic carbocycles. The molecule has 2 aliphatic rings. The summed E-state index contributed by atoms with van der Waals surface area (Å²) in [6, 6.07) is 12.3. The lowest BCUT2D eigenvalue weighted by Crippen LogP contribution is -2.53. The quantitative estimate of drug-likeness (QED) is 0.810. The fourth-order valence-electron chi connectivity index (χ4n) is 4.61. The number of aliphatic hydroxyl groups excluding tert-OH is 1. The number of carbonyl (C=O) groups excluding carboxylic acids is 2.